The van der Waals surface area contributed by atoms with Gasteiger partial charge in [0.05, 0.1) is 12.6 Å². The van der Waals surface area contributed by atoms with E-state index in [0.29, 0.717) is 5.56 Å². The molecule has 2 heterocycles. The summed E-state index contributed by atoms with van der Waals surface area (Å²) in [6.45, 7) is 1.17. The molecule has 0 aromatic carbocycles. The zero-order valence-electron chi connectivity index (χ0n) is 11.2. The molecule has 116 valence electrons. The SMILES string of the molecule is Cc1cn([C@H]2C[C@H](NC(=O)NO)[C@@H](CO)O2)c(=O)[nH]c1=O. The maximum Gasteiger partial charge on any atom is 0.338 e. The zero-order chi connectivity index (χ0) is 15.6. The van der Waals surface area contributed by atoms with Crippen molar-refractivity contribution in [1.82, 2.24) is 20.3 Å². The normalized spacial score (nSPS) is 24.8. The van der Waals surface area contributed by atoms with Gasteiger partial charge >= 0.3 is 11.7 Å². The van der Waals surface area contributed by atoms with Crippen LogP contribution in [0.3, 0.4) is 0 Å². The number of aromatic nitrogens is 2. The fourth-order valence-electron chi connectivity index (χ4n) is 2.22. The third kappa shape index (κ3) is 3.12. The third-order valence-electron chi connectivity index (χ3n) is 3.29. The Balaban J connectivity index is 2.23. The molecule has 0 bridgehead atoms. The van der Waals surface area contributed by atoms with Crippen LogP contribution in [0, 0.1) is 6.92 Å². The second kappa shape index (κ2) is 6.08. The molecule has 1 aromatic rings. The number of aromatic amines is 1. The molecule has 2 amide bonds. The largest absolute Gasteiger partial charge is 0.394 e. The van der Waals surface area contributed by atoms with E-state index in [1.54, 1.807) is 6.92 Å². The summed E-state index contributed by atoms with van der Waals surface area (Å²) in [5, 5.41) is 20.1. The lowest BCUT2D eigenvalue weighted by Crippen LogP contribution is -2.45. The van der Waals surface area contributed by atoms with Gasteiger partial charge in [-0.2, -0.15) is 0 Å². The Kier molecular flexibility index (Phi) is 4.40. The Hall–Kier alpha value is -2.17. The van der Waals surface area contributed by atoms with Crippen molar-refractivity contribution >= 4 is 6.03 Å². The van der Waals surface area contributed by atoms with Crippen molar-refractivity contribution in [2.75, 3.05) is 6.61 Å². The Morgan fingerprint density at radius 2 is 2.29 bits per heavy atom. The standard InChI is InChI=1S/C11H16N4O6/c1-5-3-15(11(19)13-9(5)17)8-2-6(7(4-16)21-8)12-10(18)14-20/h3,6-8,16,20H,2,4H2,1H3,(H2,12,14,18)(H,13,17,19)/t6-,7+,8+/m0/s1. The second-order valence-corrected chi connectivity index (χ2v) is 4.72. The molecule has 5 N–H and O–H groups in total. The first-order valence-corrected chi connectivity index (χ1v) is 6.25. The molecule has 0 radical (unpaired) electrons. The van der Waals surface area contributed by atoms with Gasteiger partial charge in [0, 0.05) is 18.2 Å². The van der Waals surface area contributed by atoms with E-state index < -0.39 is 35.7 Å². The molecule has 0 saturated carbocycles. The minimum absolute atomic E-state index is 0.198. The molecule has 1 saturated heterocycles. The van der Waals surface area contributed by atoms with Crippen molar-refractivity contribution in [1.29, 1.82) is 0 Å². The van der Waals surface area contributed by atoms with E-state index in [9.17, 15) is 19.5 Å². The first-order chi connectivity index (χ1) is 9.96. The van der Waals surface area contributed by atoms with Gasteiger partial charge in [-0.05, 0) is 6.92 Å². The van der Waals surface area contributed by atoms with Crippen LogP contribution in [0.1, 0.15) is 18.2 Å². The summed E-state index contributed by atoms with van der Waals surface area (Å²) in [6, 6.07) is -1.43. The smallest absolute Gasteiger partial charge is 0.338 e. The molecule has 1 aromatic heterocycles. The maximum atomic E-state index is 11.8. The van der Waals surface area contributed by atoms with Crippen LogP contribution in [0.5, 0.6) is 0 Å². The zero-order valence-corrected chi connectivity index (χ0v) is 11.2. The summed E-state index contributed by atoms with van der Waals surface area (Å²) in [5.74, 6) is 0. The van der Waals surface area contributed by atoms with Crippen LogP contribution < -0.4 is 22.0 Å². The number of aliphatic hydroxyl groups excluding tert-OH is 1. The number of urea groups is 1. The first-order valence-electron chi connectivity index (χ1n) is 6.25. The highest BCUT2D eigenvalue weighted by atomic mass is 16.5. The molecule has 0 unspecified atom stereocenters. The molecule has 1 fully saturated rings. The Labute approximate surface area is 118 Å². The minimum atomic E-state index is -0.840. The molecule has 1 aliphatic rings. The van der Waals surface area contributed by atoms with Gasteiger partial charge < -0.3 is 15.2 Å². The van der Waals surface area contributed by atoms with E-state index in [2.05, 4.69) is 10.3 Å². The Bertz CT molecular complexity index is 638. The van der Waals surface area contributed by atoms with Crippen molar-refractivity contribution < 1.29 is 19.8 Å². The van der Waals surface area contributed by atoms with Crippen LogP contribution >= 0.6 is 0 Å². The number of H-pyrrole nitrogens is 1. The summed E-state index contributed by atoms with van der Waals surface area (Å²) in [4.78, 5) is 36.4. The van der Waals surface area contributed by atoms with Crippen molar-refractivity contribution in [2.24, 2.45) is 0 Å². The molecule has 10 nitrogen and oxygen atoms in total. The number of amides is 2. The topological polar surface area (TPSA) is 146 Å². The first kappa shape index (κ1) is 15.2. The molecule has 1 aliphatic heterocycles. The number of nitrogens with one attached hydrogen (secondary N) is 3. The van der Waals surface area contributed by atoms with Gasteiger partial charge in [0.15, 0.2) is 0 Å². The number of aryl methyl sites for hydroxylation is 1. The molecular formula is C11H16N4O6. The predicted octanol–water partition coefficient (Wildman–Crippen LogP) is -1.82. The van der Waals surface area contributed by atoms with E-state index >= 15 is 0 Å². The summed E-state index contributed by atoms with van der Waals surface area (Å²) < 4.78 is 6.69. The molecule has 21 heavy (non-hydrogen) atoms. The Morgan fingerprint density at radius 3 is 2.90 bits per heavy atom. The van der Waals surface area contributed by atoms with E-state index in [-0.39, 0.29) is 13.0 Å². The number of rotatable bonds is 3. The fourth-order valence-corrected chi connectivity index (χ4v) is 2.22. The highest BCUT2D eigenvalue weighted by molar-refractivity contribution is 5.72. The number of ether oxygens (including phenoxy) is 1. The number of aliphatic hydroxyl groups is 1. The Morgan fingerprint density at radius 1 is 1.57 bits per heavy atom. The molecule has 3 atom stereocenters. The predicted molar refractivity (Wildman–Crippen MR) is 68.9 cm³/mol. The molecule has 10 heteroatoms. The maximum absolute atomic E-state index is 11.8. The lowest BCUT2D eigenvalue weighted by atomic mass is 10.1. The summed E-state index contributed by atoms with van der Waals surface area (Å²) >= 11 is 0. The van der Waals surface area contributed by atoms with E-state index in [4.69, 9.17) is 9.94 Å². The van der Waals surface area contributed by atoms with Gasteiger partial charge in [-0.15, -0.1) is 0 Å². The average molecular weight is 300 g/mol. The lowest BCUT2D eigenvalue weighted by Gasteiger charge is -2.16. The van der Waals surface area contributed by atoms with E-state index in [1.807, 2.05) is 0 Å². The number of carbonyl (C=O) groups is 1. The van der Waals surface area contributed by atoms with Crippen LogP contribution in [0.4, 0.5) is 4.79 Å². The number of hydroxylamine groups is 1. The molecule has 0 spiro atoms. The van der Waals surface area contributed by atoms with Crippen LogP contribution in [0.25, 0.3) is 0 Å². The van der Waals surface area contributed by atoms with Crippen molar-refractivity contribution in [3.05, 3.63) is 32.6 Å². The number of hydrogen-bond donors (Lipinski definition) is 5. The number of hydrogen-bond acceptors (Lipinski definition) is 6. The van der Waals surface area contributed by atoms with Crippen LogP contribution in [-0.2, 0) is 4.74 Å². The summed E-state index contributed by atoms with van der Waals surface area (Å²) in [7, 11) is 0. The summed E-state index contributed by atoms with van der Waals surface area (Å²) in [6.07, 6.45) is 0.0827. The highest BCUT2D eigenvalue weighted by Gasteiger charge is 2.37. The van der Waals surface area contributed by atoms with Crippen LogP contribution in [0.2, 0.25) is 0 Å². The van der Waals surface area contributed by atoms with E-state index in [1.165, 1.54) is 16.2 Å². The molecule has 0 aliphatic carbocycles. The van der Waals surface area contributed by atoms with Gasteiger partial charge in [0.2, 0.25) is 0 Å². The second-order valence-electron chi connectivity index (χ2n) is 4.72. The number of nitrogens with zero attached hydrogens (tertiary/aromatic N) is 1. The quantitative estimate of drug-likeness (QED) is 0.328. The van der Waals surface area contributed by atoms with Crippen LogP contribution in [-0.4, -0.2) is 44.6 Å². The summed E-state index contributed by atoms with van der Waals surface area (Å²) in [5.41, 5.74) is 0.629. The molecular weight excluding hydrogens is 284 g/mol. The molecule has 2 rings (SSSR count). The van der Waals surface area contributed by atoms with Gasteiger partial charge in [-0.25, -0.2) is 15.1 Å². The van der Waals surface area contributed by atoms with Crippen molar-refractivity contribution in [2.45, 2.75) is 31.7 Å². The van der Waals surface area contributed by atoms with Gasteiger partial charge in [0.25, 0.3) is 5.56 Å². The minimum Gasteiger partial charge on any atom is -0.394 e. The monoisotopic (exact) mass is 300 g/mol. The van der Waals surface area contributed by atoms with Gasteiger partial charge in [0.1, 0.15) is 12.3 Å². The van der Waals surface area contributed by atoms with Crippen molar-refractivity contribution in [3.63, 3.8) is 0 Å². The fraction of sp³-hybridized carbons (Fsp3) is 0.545. The average Bonchev–Trinajstić information content (AvgIpc) is 2.85. The lowest BCUT2D eigenvalue weighted by molar-refractivity contribution is -0.0286. The van der Waals surface area contributed by atoms with Crippen molar-refractivity contribution in [3.8, 4) is 0 Å². The van der Waals surface area contributed by atoms with E-state index in [0.717, 1.165) is 0 Å². The highest BCUT2D eigenvalue weighted by Crippen LogP contribution is 2.27. The van der Waals surface area contributed by atoms with Crippen LogP contribution in [0.15, 0.2) is 15.8 Å². The van der Waals surface area contributed by atoms with Gasteiger partial charge in [-0.1, -0.05) is 0 Å². The number of carbonyl (C=O) groups excluding carboxylic acids is 1. The van der Waals surface area contributed by atoms with Gasteiger partial charge in [-0.3, -0.25) is 19.6 Å². The third-order valence-corrected chi connectivity index (χ3v) is 3.29.